The van der Waals surface area contributed by atoms with Gasteiger partial charge in [0.05, 0.1) is 30.4 Å². The summed E-state index contributed by atoms with van der Waals surface area (Å²) in [5, 5.41) is 15.9. The van der Waals surface area contributed by atoms with Crippen molar-refractivity contribution in [3.8, 4) is 5.75 Å². The largest absolute Gasteiger partial charge is 0.496 e. The molecule has 1 aliphatic carbocycles. The second-order valence-electron chi connectivity index (χ2n) is 9.10. The van der Waals surface area contributed by atoms with Crippen LogP contribution in [0.5, 0.6) is 5.75 Å². The number of fused-ring (bicyclic) bond motifs is 2. The van der Waals surface area contributed by atoms with Crippen LogP contribution in [0.25, 0.3) is 16.6 Å². The Morgan fingerprint density at radius 3 is 2.89 bits per heavy atom. The number of hydrogen-bond donors (Lipinski definition) is 2. The van der Waals surface area contributed by atoms with Crippen LogP contribution in [-0.2, 0) is 4.79 Å². The molecule has 3 atom stereocenters. The molecule has 0 saturated heterocycles. The van der Waals surface area contributed by atoms with Gasteiger partial charge in [-0.1, -0.05) is 13.8 Å². The minimum atomic E-state index is -0.308. The third kappa shape index (κ3) is 4.43. The van der Waals surface area contributed by atoms with E-state index in [0.717, 1.165) is 30.2 Å². The van der Waals surface area contributed by atoms with Crippen LogP contribution in [0.1, 0.15) is 55.9 Å². The van der Waals surface area contributed by atoms with Gasteiger partial charge in [-0.2, -0.15) is 10.2 Å². The number of rotatable bonds is 6. The van der Waals surface area contributed by atoms with Gasteiger partial charge in [-0.15, -0.1) is 0 Å². The fourth-order valence-electron chi connectivity index (χ4n) is 4.93. The van der Waals surface area contributed by atoms with E-state index in [1.807, 2.05) is 23.9 Å². The first-order valence-electron chi connectivity index (χ1n) is 11.9. The third-order valence-corrected chi connectivity index (χ3v) is 6.77. The highest BCUT2D eigenvalue weighted by molar-refractivity contribution is 6.09. The number of hydrogen-bond acceptors (Lipinski definition) is 6. The van der Waals surface area contributed by atoms with Gasteiger partial charge in [0.15, 0.2) is 5.65 Å². The second kappa shape index (κ2) is 9.36. The summed E-state index contributed by atoms with van der Waals surface area (Å²) in [6, 6.07) is 5.82. The van der Waals surface area contributed by atoms with Crippen LogP contribution in [-0.4, -0.2) is 49.3 Å². The number of methoxy groups -OCH3 is 1. The average molecular weight is 476 g/mol. The molecule has 10 nitrogen and oxygen atoms in total. The molecule has 4 aromatic rings. The van der Waals surface area contributed by atoms with Gasteiger partial charge in [0, 0.05) is 42.5 Å². The fraction of sp³-hybridized carbons (Fsp3) is 0.400. The number of carbonyl (C=O) groups is 2. The zero-order chi connectivity index (χ0) is 24.5. The summed E-state index contributed by atoms with van der Waals surface area (Å²) in [6.07, 6.45) is 10.3. The van der Waals surface area contributed by atoms with Crippen molar-refractivity contribution in [2.75, 3.05) is 12.4 Å². The van der Waals surface area contributed by atoms with Gasteiger partial charge < -0.3 is 15.4 Å². The molecular formula is C25H29N7O3. The SMILES string of the molecule is CCC(=O)N[C@@H]1CC[C@@H](n2cc3cc(C(=O)Nc4cnn5cccnc45)c(OC)cc3n2)[C@H](C)C1. The van der Waals surface area contributed by atoms with E-state index >= 15 is 0 Å². The first kappa shape index (κ1) is 22.8. The van der Waals surface area contributed by atoms with Crippen molar-refractivity contribution in [3.63, 3.8) is 0 Å². The number of aromatic nitrogens is 5. The Morgan fingerprint density at radius 2 is 2.11 bits per heavy atom. The van der Waals surface area contributed by atoms with Gasteiger partial charge in [-0.25, -0.2) is 9.50 Å². The minimum absolute atomic E-state index is 0.100. The van der Waals surface area contributed by atoms with Crippen molar-refractivity contribution >= 4 is 34.1 Å². The molecule has 5 rings (SSSR count). The maximum atomic E-state index is 13.2. The number of nitrogens with one attached hydrogen (secondary N) is 2. The summed E-state index contributed by atoms with van der Waals surface area (Å²) in [5.74, 6) is 0.595. The van der Waals surface area contributed by atoms with Crippen molar-refractivity contribution in [2.45, 2.75) is 51.6 Å². The van der Waals surface area contributed by atoms with E-state index < -0.39 is 0 Å². The van der Waals surface area contributed by atoms with Crippen LogP contribution >= 0.6 is 0 Å². The van der Waals surface area contributed by atoms with Gasteiger partial charge in [-0.05, 0) is 37.3 Å². The van der Waals surface area contributed by atoms with E-state index in [1.54, 1.807) is 42.3 Å². The Balaban J connectivity index is 1.38. The molecule has 0 bridgehead atoms. The molecular weight excluding hydrogens is 446 g/mol. The quantitative estimate of drug-likeness (QED) is 0.440. The molecule has 3 aromatic heterocycles. The molecule has 1 aromatic carbocycles. The number of anilines is 1. The minimum Gasteiger partial charge on any atom is -0.496 e. The molecule has 3 heterocycles. The molecule has 1 fully saturated rings. The Kier molecular flexibility index (Phi) is 6.10. The lowest BCUT2D eigenvalue weighted by Gasteiger charge is -2.34. The highest BCUT2D eigenvalue weighted by Crippen LogP contribution is 2.35. The highest BCUT2D eigenvalue weighted by atomic mass is 16.5. The van der Waals surface area contributed by atoms with Crippen LogP contribution in [0.2, 0.25) is 0 Å². The van der Waals surface area contributed by atoms with E-state index in [9.17, 15) is 9.59 Å². The maximum absolute atomic E-state index is 13.2. The van der Waals surface area contributed by atoms with Crippen molar-refractivity contribution in [1.29, 1.82) is 0 Å². The standard InChI is InChI=1S/C25H29N7O3/c1-4-23(33)28-17-6-7-21(15(2)10-17)32-14-16-11-18(22(35-3)12-19(16)30-32)25(34)29-20-13-27-31-9-5-8-26-24(20)31/h5,8-9,11-15,17,21H,4,6-7,10H2,1-3H3,(H,28,33)(H,29,34)/t15-,17-,21-/m1/s1. The summed E-state index contributed by atoms with van der Waals surface area (Å²) < 4.78 is 9.14. The van der Waals surface area contributed by atoms with Gasteiger partial charge in [0.25, 0.3) is 5.91 Å². The zero-order valence-electron chi connectivity index (χ0n) is 20.1. The Labute approximate surface area is 202 Å². The summed E-state index contributed by atoms with van der Waals surface area (Å²) in [5.41, 5.74) is 2.26. The lowest BCUT2D eigenvalue weighted by Crippen LogP contribution is -2.40. The molecule has 1 saturated carbocycles. The van der Waals surface area contributed by atoms with Crippen LogP contribution < -0.4 is 15.4 Å². The van der Waals surface area contributed by atoms with Gasteiger partial charge in [0.1, 0.15) is 11.4 Å². The number of amides is 2. The molecule has 0 aliphatic heterocycles. The van der Waals surface area contributed by atoms with Crippen LogP contribution in [0.4, 0.5) is 5.69 Å². The normalized spacial score (nSPS) is 20.1. The van der Waals surface area contributed by atoms with E-state index in [-0.39, 0.29) is 23.9 Å². The van der Waals surface area contributed by atoms with Crippen molar-refractivity contribution in [3.05, 3.63) is 48.5 Å². The third-order valence-electron chi connectivity index (χ3n) is 6.77. The van der Waals surface area contributed by atoms with Gasteiger partial charge in [-0.3, -0.25) is 14.3 Å². The van der Waals surface area contributed by atoms with Crippen LogP contribution in [0, 0.1) is 5.92 Å². The molecule has 182 valence electrons. The Bertz CT molecular complexity index is 1390. The second-order valence-corrected chi connectivity index (χ2v) is 9.10. The maximum Gasteiger partial charge on any atom is 0.259 e. The zero-order valence-corrected chi connectivity index (χ0v) is 20.1. The number of benzene rings is 1. The van der Waals surface area contributed by atoms with Crippen molar-refractivity contribution in [1.82, 2.24) is 29.7 Å². The molecule has 10 heteroatoms. The highest BCUT2D eigenvalue weighted by Gasteiger charge is 2.30. The first-order valence-corrected chi connectivity index (χ1v) is 11.9. The number of carbonyl (C=O) groups excluding carboxylic acids is 2. The number of nitrogens with zero attached hydrogens (tertiary/aromatic N) is 5. The predicted molar refractivity (Wildman–Crippen MR) is 131 cm³/mol. The monoisotopic (exact) mass is 475 g/mol. The van der Waals surface area contributed by atoms with E-state index in [1.165, 1.54) is 0 Å². The Hall–Kier alpha value is -3.95. The van der Waals surface area contributed by atoms with E-state index in [4.69, 9.17) is 9.84 Å². The van der Waals surface area contributed by atoms with Crippen molar-refractivity contribution in [2.24, 2.45) is 5.92 Å². The molecule has 0 spiro atoms. The molecule has 2 amide bonds. The van der Waals surface area contributed by atoms with Gasteiger partial charge in [0.2, 0.25) is 5.91 Å². The van der Waals surface area contributed by atoms with E-state index in [2.05, 4.69) is 27.6 Å². The summed E-state index contributed by atoms with van der Waals surface area (Å²) >= 11 is 0. The average Bonchev–Trinajstić information content (AvgIpc) is 3.46. The topological polar surface area (TPSA) is 115 Å². The summed E-state index contributed by atoms with van der Waals surface area (Å²) in [7, 11) is 1.54. The number of ether oxygens (including phenoxy) is 1. The van der Waals surface area contributed by atoms with E-state index in [0.29, 0.717) is 35.0 Å². The smallest absolute Gasteiger partial charge is 0.259 e. The molecule has 1 aliphatic rings. The fourth-order valence-corrected chi connectivity index (χ4v) is 4.93. The molecule has 0 unspecified atom stereocenters. The predicted octanol–water partition coefficient (Wildman–Crippen LogP) is 3.60. The lowest BCUT2D eigenvalue weighted by molar-refractivity contribution is -0.121. The Morgan fingerprint density at radius 1 is 1.26 bits per heavy atom. The summed E-state index contributed by atoms with van der Waals surface area (Å²) in [6.45, 7) is 4.07. The first-order chi connectivity index (χ1) is 17.0. The molecule has 35 heavy (non-hydrogen) atoms. The summed E-state index contributed by atoms with van der Waals surface area (Å²) in [4.78, 5) is 29.2. The van der Waals surface area contributed by atoms with Crippen molar-refractivity contribution < 1.29 is 14.3 Å². The van der Waals surface area contributed by atoms with Gasteiger partial charge >= 0.3 is 0 Å². The van der Waals surface area contributed by atoms with Crippen LogP contribution in [0.15, 0.2) is 43.0 Å². The molecule has 2 N–H and O–H groups in total. The van der Waals surface area contributed by atoms with Crippen LogP contribution in [0.3, 0.4) is 0 Å². The molecule has 0 radical (unpaired) electrons. The lowest BCUT2D eigenvalue weighted by atomic mass is 9.82.